The van der Waals surface area contributed by atoms with Gasteiger partial charge in [-0.15, -0.1) is 0 Å². The van der Waals surface area contributed by atoms with E-state index in [0.717, 1.165) is 12.1 Å². The largest absolute Gasteiger partial charge is 0.378 e. The molecule has 0 heterocycles. The normalized spacial score (nSPS) is 11.3. The molecule has 0 saturated carbocycles. The summed E-state index contributed by atoms with van der Waals surface area (Å²) < 4.78 is 27.8. The van der Waals surface area contributed by atoms with Crippen molar-refractivity contribution < 1.29 is 13.2 Å². The molecule has 27 heavy (non-hydrogen) atoms. The van der Waals surface area contributed by atoms with E-state index < -0.39 is 10.0 Å². The van der Waals surface area contributed by atoms with Gasteiger partial charge in [-0.3, -0.25) is 9.52 Å². The van der Waals surface area contributed by atoms with E-state index in [1.807, 2.05) is 31.1 Å². The number of nitrogens with one attached hydrogen (secondary N) is 2. The number of carbonyl (C=O) groups excluding carboxylic acids is 1. The molecule has 0 aliphatic carbocycles. The van der Waals surface area contributed by atoms with Crippen LogP contribution in [0.4, 0.5) is 11.4 Å². The average Bonchev–Trinajstić information content (AvgIpc) is 2.61. The number of hydrogen-bond donors (Lipinski definition) is 2. The summed E-state index contributed by atoms with van der Waals surface area (Å²) in [6.07, 6.45) is 0.869. The third-order valence-corrected chi connectivity index (χ3v) is 5.43. The van der Waals surface area contributed by atoms with Crippen molar-refractivity contribution in [2.24, 2.45) is 5.92 Å². The first-order chi connectivity index (χ1) is 12.7. The fraction of sp³-hybridized carbons (Fsp3) is 0.350. The van der Waals surface area contributed by atoms with E-state index in [4.69, 9.17) is 0 Å². The molecule has 6 nitrogen and oxygen atoms in total. The molecule has 2 aromatic carbocycles. The Balaban J connectivity index is 2.12. The third kappa shape index (κ3) is 5.99. The third-order valence-electron chi connectivity index (χ3n) is 4.05. The molecule has 0 aromatic heterocycles. The Kier molecular flexibility index (Phi) is 6.85. The number of sulfonamides is 1. The minimum atomic E-state index is -3.78. The second-order valence-electron chi connectivity index (χ2n) is 7.01. The van der Waals surface area contributed by atoms with Crippen LogP contribution in [-0.2, 0) is 10.0 Å². The Bertz CT molecular complexity index is 876. The zero-order valence-corrected chi connectivity index (χ0v) is 17.0. The molecule has 0 atom stereocenters. The highest BCUT2D eigenvalue weighted by Gasteiger charge is 2.16. The summed E-state index contributed by atoms with van der Waals surface area (Å²) in [6, 6.07) is 13.1. The Morgan fingerprint density at radius 1 is 1.07 bits per heavy atom. The van der Waals surface area contributed by atoms with Crippen molar-refractivity contribution in [3.63, 3.8) is 0 Å². The molecule has 7 heteroatoms. The van der Waals surface area contributed by atoms with Crippen molar-refractivity contribution in [2.75, 3.05) is 30.3 Å². The Hall–Kier alpha value is -2.54. The number of rotatable bonds is 8. The van der Waals surface area contributed by atoms with Crippen LogP contribution in [0.5, 0.6) is 0 Å². The molecule has 0 bridgehead atoms. The van der Waals surface area contributed by atoms with Crippen LogP contribution in [0, 0.1) is 5.92 Å². The number of carbonyl (C=O) groups is 1. The maximum atomic E-state index is 12.6. The highest BCUT2D eigenvalue weighted by molar-refractivity contribution is 7.92. The molecule has 0 spiro atoms. The second kappa shape index (κ2) is 8.90. The molecular weight excluding hydrogens is 362 g/mol. The predicted octanol–water partition coefficient (Wildman–Crippen LogP) is 3.33. The highest BCUT2D eigenvalue weighted by Crippen LogP contribution is 2.20. The molecule has 146 valence electrons. The maximum absolute atomic E-state index is 12.6. The van der Waals surface area contributed by atoms with Crippen molar-refractivity contribution in [3.05, 3.63) is 54.1 Å². The van der Waals surface area contributed by atoms with Gasteiger partial charge in [-0.2, -0.15) is 0 Å². The molecule has 1 amide bonds. The van der Waals surface area contributed by atoms with Gasteiger partial charge in [0.15, 0.2) is 0 Å². The lowest BCUT2D eigenvalue weighted by Crippen LogP contribution is -2.25. The summed E-state index contributed by atoms with van der Waals surface area (Å²) in [5.41, 5.74) is 1.76. The molecule has 0 aliphatic heterocycles. The Morgan fingerprint density at radius 2 is 1.74 bits per heavy atom. The van der Waals surface area contributed by atoms with Crippen LogP contribution >= 0.6 is 0 Å². The van der Waals surface area contributed by atoms with Crippen LogP contribution in [0.2, 0.25) is 0 Å². The van der Waals surface area contributed by atoms with Gasteiger partial charge in [0.1, 0.15) is 0 Å². The zero-order valence-electron chi connectivity index (χ0n) is 16.2. The summed E-state index contributed by atoms with van der Waals surface area (Å²) in [5.74, 6) is 0.211. The fourth-order valence-corrected chi connectivity index (χ4v) is 3.53. The lowest BCUT2D eigenvalue weighted by Gasteiger charge is -2.14. The van der Waals surface area contributed by atoms with E-state index in [0.29, 0.717) is 23.7 Å². The van der Waals surface area contributed by atoms with E-state index in [2.05, 4.69) is 23.9 Å². The highest BCUT2D eigenvalue weighted by atomic mass is 32.2. The van der Waals surface area contributed by atoms with Crippen LogP contribution in [0.15, 0.2) is 53.4 Å². The van der Waals surface area contributed by atoms with Gasteiger partial charge >= 0.3 is 0 Å². The lowest BCUT2D eigenvalue weighted by molar-refractivity contribution is 0.0952. The Morgan fingerprint density at radius 3 is 2.33 bits per heavy atom. The van der Waals surface area contributed by atoms with Gasteiger partial charge in [0.25, 0.3) is 15.9 Å². The van der Waals surface area contributed by atoms with E-state index in [1.165, 1.54) is 12.1 Å². The van der Waals surface area contributed by atoms with Gasteiger partial charge in [0.2, 0.25) is 0 Å². The maximum Gasteiger partial charge on any atom is 0.261 e. The molecular formula is C20H27N3O3S. The van der Waals surface area contributed by atoms with Gasteiger partial charge < -0.3 is 10.2 Å². The minimum absolute atomic E-state index is 0.0516. The van der Waals surface area contributed by atoms with Gasteiger partial charge in [-0.25, -0.2) is 8.42 Å². The second-order valence-corrected chi connectivity index (χ2v) is 8.70. The quantitative estimate of drug-likeness (QED) is 0.726. The van der Waals surface area contributed by atoms with E-state index in [-0.39, 0.29) is 10.8 Å². The summed E-state index contributed by atoms with van der Waals surface area (Å²) in [6.45, 7) is 4.72. The zero-order chi connectivity index (χ0) is 20.0. The standard InChI is InChI=1S/C20H27N3O3S/c1-15(2)12-13-21-20(24)16-6-5-7-19(14-16)27(25,26)22-17-8-10-18(11-9-17)23(3)4/h5-11,14-15,22H,12-13H2,1-4H3,(H,21,24). The lowest BCUT2D eigenvalue weighted by atomic mass is 10.1. The van der Waals surface area contributed by atoms with Crippen molar-refractivity contribution in [1.29, 1.82) is 0 Å². The van der Waals surface area contributed by atoms with Gasteiger partial charge in [-0.1, -0.05) is 19.9 Å². The van der Waals surface area contributed by atoms with Crippen LogP contribution < -0.4 is 14.9 Å². The smallest absolute Gasteiger partial charge is 0.261 e. The fourth-order valence-electron chi connectivity index (χ4n) is 2.42. The first kappa shape index (κ1) is 20.8. The van der Waals surface area contributed by atoms with E-state index in [1.54, 1.807) is 24.3 Å². The molecule has 2 aromatic rings. The minimum Gasteiger partial charge on any atom is -0.378 e. The predicted molar refractivity (Wildman–Crippen MR) is 110 cm³/mol. The molecule has 2 N–H and O–H groups in total. The van der Waals surface area contributed by atoms with Gasteiger partial charge in [0, 0.05) is 37.6 Å². The molecule has 0 saturated heterocycles. The molecule has 0 fully saturated rings. The van der Waals surface area contributed by atoms with Gasteiger partial charge in [-0.05, 0) is 54.8 Å². The first-order valence-corrected chi connectivity index (χ1v) is 10.4. The summed E-state index contributed by atoms with van der Waals surface area (Å²) >= 11 is 0. The molecule has 0 radical (unpaired) electrons. The van der Waals surface area contributed by atoms with E-state index >= 15 is 0 Å². The number of nitrogens with zero attached hydrogens (tertiary/aromatic N) is 1. The number of amides is 1. The van der Waals surface area contributed by atoms with Crippen molar-refractivity contribution in [1.82, 2.24) is 5.32 Å². The molecule has 2 rings (SSSR count). The summed E-state index contributed by atoms with van der Waals surface area (Å²) in [7, 11) is 0.0472. The SMILES string of the molecule is CC(C)CCNC(=O)c1cccc(S(=O)(=O)Nc2ccc(N(C)C)cc2)c1. The van der Waals surface area contributed by atoms with Crippen LogP contribution in [-0.4, -0.2) is 35.0 Å². The Labute approximate surface area is 161 Å². The van der Waals surface area contributed by atoms with Crippen LogP contribution in [0.1, 0.15) is 30.6 Å². The topological polar surface area (TPSA) is 78.5 Å². The van der Waals surface area contributed by atoms with Crippen molar-refractivity contribution >= 4 is 27.3 Å². The van der Waals surface area contributed by atoms with Crippen LogP contribution in [0.3, 0.4) is 0 Å². The van der Waals surface area contributed by atoms with Crippen molar-refractivity contribution in [3.8, 4) is 0 Å². The number of benzene rings is 2. The molecule has 0 unspecified atom stereocenters. The van der Waals surface area contributed by atoms with Gasteiger partial charge in [0.05, 0.1) is 4.90 Å². The number of hydrogen-bond acceptors (Lipinski definition) is 4. The number of anilines is 2. The monoisotopic (exact) mass is 389 g/mol. The first-order valence-electron chi connectivity index (χ1n) is 8.87. The average molecular weight is 390 g/mol. The van der Waals surface area contributed by atoms with E-state index in [9.17, 15) is 13.2 Å². The molecule has 0 aliphatic rings. The summed E-state index contributed by atoms with van der Waals surface area (Å²) in [5, 5.41) is 2.82. The summed E-state index contributed by atoms with van der Waals surface area (Å²) in [4.78, 5) is 14.2. The van der Waals surface area contributed by atoms with Crippen LogP contribution in [0.25, 0.3) is 0 Å². The van der Waals surface area contributed by atoms with Crippen molar-refractivity contribution in [2.45, 2.75) is 25.2 Å².